The monoisotopic (exact) mass is 395 g/mol. The Bertz CT molecular complexity index is 799. The molecule has 0 aromatic heterocycles. The minimum Gasteiger partial charge on any atom is -0.385 e. The van der Waals surface area contributed by atoms with Gasteiger partial charge in [-0.25, -0.2) is 8.42 Å². The minimum absolute atomic E-state index is 0. The van der Waals surface area contributed by atoms with Crippen LogP contribution in [0.5, 0.6) is 0 Å². The van der Waals surface area contributed by atoms with Gasteiger partial charge in [0.1, 0.15) is 0 Å². The summed E-state index contributed by atoms with van der Waals surface area (Å²) >= 11 is 0. The molecule has 0 bridgehead atoms. The van der Waals surface area contributed by atoms with Crippen molar-refractivity contribution >= 4 is 22.2 Å². The van der Waals surface area contributed by atoms with Crippen molar-refractivity contribution in [3.63, 3.8) is 0 Å². The van der Waals surface area contributed by atoms with E-state index < -0.39 is 15.4 Å². The number of benzene rings is 2. The van der Waals surface area contributed by atoms with Crippen LogP contribution in [0.25, 0.3) is 0 Å². The highest BCUT2D eigenvalue weighted by Crippen LogP contribution is 2.32. The summed E-state index contributed by atoms with van der Waals surface area (Å²) in [4.78, 5) is 2.51. The highest BCUT2D eigenvalue weighted by molar-refractivity contribution is 7.91. The van der Waals surface area contributed by atoms with Gasteiger partial charge in [0.2, 0.25) is 0 Å². The number of piperidine rings is 1. The van der Waals surface area contributed by atoms with E-state index in [1.54, 1.807) is 12.1 Å². The largest absolute Gasteiger partial charge is 0.385 e. The first kappa shape index (κ1) is 20.9. The lowest BCUT2D eigenvalue weighted by Gasteiger charge is -2.38. The SMILES string of the molecule is Cc1ccc(S(=O)(=O)CCN2CCC(O)(c3ccccc3)CC2)cc1.Cl. The highest BCUT2D eigenvalue weighted by Gasteiger charge is 2.34. The van der Waals surface area contributed by atoms with E-state index in [4.69, 9.17) is 0 Å². The van der Waals surface area contributed by atoms with Gasteiger partial charge in [0.05, 0.1) is 16.2 Å². The molecule has 1 aliphatic heterocycles. The fourth-order valence-electron chi connectivity index (χ4n) is 3.30. The maximum Gasteiger partial charge on any atom is 0.179 e. The molecule has 4 nitrogen and oxygen atoms in total. The van der Waals surface area contributed by atoms with Gasteiger partial charge in [-0.15, -0.1) is 12.4 Å². The van der Waals surface area contributed by atoms with Gasteiger partial charge >= 0.3 is 0 Å². The van der Waals surface area contributed by atoms with Gasteiger partial charge in [-0.05, 0) is 37.5 Å². The molecule has 6 heteroatoms. The number of halogens is 1. The number of hydrogen-bond donors (Lipinski definition) is 1. The smallest absolute Gasteiger partial charge is 0.179 e. The molecule has 2 aromatic rings. The average Bonchev–Trinajstić information content (AvgIpc) is 2.62. The summed E-state index contributed by atoms with van der Waals surface area (Å²) in [5, 5.41) is 10.8. The molecule has 142 valence electrons. The third kappa shape index (κ3) is 4.86. The molecule has 0 amide bonds. The molecule has 0 saturated carbocycles. The van der Waals surface area contributed by atoms with Gasteiger partial charge in [0.15, 0.2) is 9.84 Å². The van der Waals surface area contributed by atoms with Gasteiger partial charge < -0.3 is 10.0 Å². The average molecular weight is 396 g/mol. The van der Waals surface area contributed by atoms with Crippen LogP contribution in [0.1, 0.15) is 24.0 Å². The number of rotatable bonds is 5. The topological polar surface area (TPSA) is 57.6 Å². The Kier molecular flexibility index (Phi) is 6.86. The second-order valence-electron chi connectivity index (χ2n) is 6.87. The fourth-order valence-corrected chi connectivity index (χ4v) is 4.58. The molecule has 1 saturated heterocycles. The highest BCUT2D eigenvalue weighted by atomic mass is 35.5. The Morgan fingerprint density at radius 1 is 1.00 bits per heavy atom. The Balaban J connectivity index is 0.00000243. The molecular formula is C20H26ClNO3S. The van der Waals surface area contributed by atoms with E-state index in [0.717, 1.165) is 11.1 Å². The van der Waals surface area contributed by atoms with E-state index in [9.17, 15) is 13.5 Å². The third-order valence-electron chi connectivity index (χ3n) is 5.05. The molecular weight excluding hydrogens is 370 g/mol. The van der Waals surface area contributed by atoms with E-state index >= 15 is 0 Å². The Morgan fingerprint density at radius 2 is 1.58 bits per heavy atom. The van der Waals surface area contributed by atoms with E-state index in [2.05, 4.69) is 4.90 Å². The molecule has 1 fully saturated rings. The normalized spacial score (nSPS) is 17.5. The molecule has 0 aliphatic carbocycles. The van der Waals surface area contributed by atoms with Gasteiger partial charge in [-0.2, -0.15) is 0 Å². The maximum atomic E-state index is 12.5. The second-order valence-corrected chi connectivity index (χ2v) is 8.98. The summed E-state index contributed by atoms with van der Waals surface area (Å²) in [6.07, 6.45) is 1.25. The zero-order valence-corrected chi connectivity index (χ0v) is 16.6. The van der Waals surface area contributed by atoms with Gasteiger partial charge in [-0.1, -0.05) is 48.0 Å². The molecule has 3 rings (SSSR count). The van der Waals surface area contributed by atoms with Gasteiger partial charge in [-0.3, -0.25) is 0 Å². The van der Waals surface area contributed by atoms with Crippen LogP contribution >= 0.6 is 12.4 Å². The molecule has 0 spiro atoms. The first-order valence-corrected chi connectivity index (χ1v) is 10.3. The van der Waals surface area contributed by atoms with Gasteiger partial charge in [0.25, 0.3) is 0 Å². The summed E-state index contributed by atoms with van der Waals surface area (Å²) < 4.78 is 24.9. The van der Waals surface area contributed by atoms with Crippen molar-refractivity contribution in [2.75, 3.05) is 25.4 Å². The first-order valence-electron chi connectivity index (χ1n) is 8.69. The van der Waals surface area contributed by atoms with E-state index in [0.29, 0.717) is 37.4 Å². The lowest BCUT2D eigenvalue weighted by atomic mass is 9.84. The summed E-state index contributed by atoms with van der Waals surface area (Å²) in [5.74, 6) is 0.111. The number of nitrogens with zero attached hydrogens (tertiary/aromatic N) is 1. The number of sulfone groups is 1. The third-order valence-corrected chi connectivity index (χ3v) is 6.76. The summed E-state index contributed by atoms with van der Waals surface area (Å²) in [7, 11) is -3.26. The van der Waals surface area contributed by atoms with Crippen LogP contribution in [0.2, 0.25) is 0 Å². The van der Waals surface area contributed by atoms with Crippen LogP contribution in [-0.2, 0) is 15.4 Å². The molecule has 2 aromatic carbocycles. The van der Waals surface area contributed by atoms with Crippen LogP contribution < -0.4 is 0 Å². The molecule has 1 aliphatic rings. The molecule has 0 atom stereocenters. The zero-order chi connectivity index (χ0) is 17.9. The Labute approximate surface area is 162 Å². The number of likely N-dealkylation sites (tertiary alicyclic amines) is 1. The number of aliphatic hydroxyl groups is 1. The Morgan fingerprint density at radius 3 is 2.15 bits per heavy atom. The van der Waals surface area contributed by atoms with E-state index in [1.807, 2.05) is 49.4 Å². The van der Waals surface area contributed by atoms with Gasteiger partial charge in [0, 0.05) is 19.6 Å². The molecule has 1 heterocycles. The standard InChI is InChI=1S/C20H25NO3S.ClH/c1-17-7-9-19(10-8-17)25(23,24)16-15-21-13-11-20(22,12-14-21)18-5-3-2-4-6-18;/h2-10,22H,11-16H2,1H3;1H. The fraction of sp³-hybridized carbons (Fsp3) is 0.400. The zero-order valence-electron chi connectivity index (χ0n) is 15.0. The summed E-state index contributed by atoms with van der Waals surface area (Å²) in [6.45, 7) is 3.85. The minimum atomic E-state index is -3.26. The van der Waals surface area contributed by atoms with Crippen molar-refractivity contribution in [2.24, 2.45) is 0 Å². The van der Waals surface area contributed by atoms with Crippen LogP contribution in [0, 0.1) is 6.92 Å². The van der Waals surface area contributed by atoms with Crippen LogP contribution in [-0.4, -0.2) is 43.8 Å². The number of aryl methyl sites for hydroxylation is 1. The summed E-state index contributed by atoms with van der Waals surface area (Å²) in [5.41, 5.74) is 1.20. The van der Waals surface area contributed by atoms with Crippen LogP contribution in [0.3, 0.4) is 0 Å². The Hall–Kier alpha value is -1.40. The van der Waals surface area contributed by atoms with Crippen molar-refractivity contribution in [2.45, 2.75) is 30.3 Å². The molecule has 26 heavy (non-hydrogen) atoms. The lowest BCUT2D eigenvalue weighted by Crippen LogP contribution is -2.44. The van der Waals surface area contributed by atoms with E-state index in [-0.39, 0.29) is 18.2 Å². The van der Waals surface area contributed by atoms with E-state index in [1.165, 1.54) is 0 Å². The first-order chi connectivity index (χ1) is 11.9. The molecule has 0 radical (unpaired) electrons. The molecule has 1 N–H and O–H groups in total. The number of hydrogen-bond acceptors (Lipinski definition) is 4. The van der Waals surface area contributed by atoms with Crippen molar-refractivity contribution in [1.82, 2.24) is 4.90 Å². The second kappa shape index (κ2) is 8.53. The van der Waals surface area contributed by atoms with Crippen molar-refractivity contribution < 1.29 is 13.5 Å². The quantitative estimate of drug-likeness (QED) is 0.844. The predicted molar refractivity (Wildman–Crippen MR) is 106 cm³/mol. The summed E-state index contributed by atoms with van der Waals surface area (Å²) in [6, 6.07) is 16.7. The lowest BCUT2D eigenvalue weighted by molar-refractivity contribution is -0.0245. The van der Waals surface area contributed by atoms with Crippen LogP contribution in [0.4, 0.5) is 0 Å². The van der Waals surface area contributed by atoms with Crippen molar-refractivity contribution in [1.29, 1.82) is 0 Å². The predicted octanol–water partition coefficient (Wildman–Crippen LogP) is 3.17. The van der Waals surface area contributed by atoms with Crippen molar-refractivity contribution in [3.05, 3.63) is 65.7 Å². The van der Waals surface area contributed by atoms with Crippen LogP contribution in [0.15, 0.2) is 59.5 Å². The van der Waals surface area contributed by atoms with Crippen molar-refractivity contribution in [3.8, 4) is 0 Å². The maximum absolute atomic E-state index is 12.5. The molecule has 0 unspecified atom stereocenters.